The molecule has 0 N–H and O–H groups in total. The minimum atomic E-state index is 0.898. The molecule has 0 unspecified atom stereocenters. The highest BCUT2D eigenvalue weighted by Gasteiger charge is 2.23. The SMILES string of the molecule is C1=CCCC(c2cc(-c3cccc4oc5cc(-n6c7c(c8c(-c9ccccc9)cccc86)C=CCC7)ccc5c34)c3ccccc3n2)=C1. The molecule has 0 bridgehead atoms. The van der Waals surface area contributed by atoms with Gasteiger partial charge in [0, 0.05) is 44.6 Å². The van der Waals surface area contributed by atoms with E-state index in [9.17, 15) is 0 Å². The van der Waals surface area contributed by atoms with Gasteiger partial charge >= 0.3 is 0 Å². The summed E-state index contributed by atoms with van der Waals surface area (Å²) >= 11 is 0. The van der Waals surface area contributed by atoms with Crippen LogP contribution < -0.4 is 0 Å². The highest BCUT2D eigenvalue weighted by Crippen LogP contribution is 2.43. The van der Waals surface area contributed by atoms with Crippen LogP contribution in [0.1, 0.15) is 36.2 Å². The van der Waals surface area contributed by atoms with E-state index in [0.29, 0.717) is 0 Å². The number of fused-ring (bicyclic) bond motifs is 7. The molecule has 228 valence electrons. The second-order valence-electron chi connectivity index (χ2n) is 12.9. The number of allylic oxidation sites excluding steroid dienone is 5. The molecule has 0 amide bonds. The lowest BCUT2D eigenvalue weighted by molar-refractivity contribution is 0.668. The van der Waals surface area contributed by atoms with Crippen molar-refractivity contribution in [2.45, 2.75) is 25.7 Å². The fraction of sp³-hybridized carbons (Fsp3) is 0.0889. The normalized spacial score (nSPS) is 14.3. The number of furan rings is 1. The van der Waals surface area contributed by atoms with E-state index in [1.807, 2.05) is 0 Å². The molecule has 48 heavy (non-hydrogen) atoms. The third kappa shape index (κ3) is 4.17. The average molecular weight is 617 g/mol. The van der Waals surface area contributed by atoms with Crippen LogP contribution in [0.2, 0.25) is 0 Å². The maximum Gasteiger partial charge on any atom is 0.137 e. The van der Waals surface area contributed by atoms with Gasteiger partial charge in [0.2, 0.25) is 0 Å². The van der Waals surface area contributed by atoms with Crippen molar-refractivity contribution < 1.29 is 4.42 Å². The molecule has 3 heteroatoms. The van der Waals surface area contributed by atoms with Crippen LogP contribution in [0.4, 0.5) is 0 Å². The van der Waals surface area contributed by atoms with E-state index in [-0.39, 0.29) is 0 Å². The van der Waals surface area contributed by atoms with Crippen molar-refractivity contribution in [3.8, 4) is 27.9 Å². The Morgan fingerprint density at radius 1 is 0.625 bits per heavy atom. The van der Waals surface area contributed by atoms with Gasteiger partial charge in [0.05, 0.1) is 16.7 Å². The number of hydrogen-bond acceptors (Lipinski definition) is 2. The lowest BCUT2D eigenvalue weighted by Crippen LogP contribution is -2.02. The zero-order valence-corrected chi connectivity index (χ0v) is 26.5. The zero-order chi connectivity index (χ0) is 31.6. The number of nitrogens with zero attached hydrogens (tertiary/aromatic N) is 2. The summed E-state index contributed by atoms with van der Waals surface area (Å²) in [6.07, 6.45) is 15.3. The quantitative estimate of drug-likeness (QED) is 0.197. The van der Waals surface area contributed by atoms with Crippen molar-refractivity contribution in [3.05, 3.63) is 157 Å². The van der Waals surface area contributed by atoms with Gasteiger partial charge in [-0.1, -0.05) is 103 Å². The molecular weight excluding hydrogens is 585 g/mol. The molecule has 5 aromatic carbocycles. The van der Waals surface area contributed by atoms with Crippen molar-refractivity contribution in [1.29, 1.82) is 0 Å². The summed E-state index contributed by atoms with van der Waals surface area (Å²) in [5, 5.41) is 4.74. The smallest absolute Gasteiger partial charge is 0.137 e. The van der Waals surface area contributed by atoms with Crippen molar-refractivity contribution in [3.63, 3.8) is 0 Å². The molecule has 0 spiro atoms. The largest absolute Gasteiger partial charge is 0.456 e. The van der Waals surface area contributed by atoms with E-state index < -0.39 is 0 Å². The van der Waals surface area contributed by atoms with Crippen LogP contribution in [-0.4, -0.2) is 9.55 Å². The van der Waals surface area contributed by atoms with Gasteiger partial charge in [-0.3, -0.25) is 0 Å². The Morgan fingerprint density at radius 2 is 1.48 bits per heavy atom. The number of para-hydroxylation sites is 1. The third-order valence-corrected chi connectivity index (χ3v) is 10.1. The van der Waals surface area contributed by atoms with E-state index in [2.05, 4.69) is 150 Å². The predicted molar refractivity (Wildman–Crippen MR) is 200 cm³/mol. The first-order chi connectivity index (χ1) is 23.8. The lowest BCUT2D eigenvalue weighted by atomic mass is 9.93. The van der Waals surface area contributed by atoms with Crippen LogP contribution in [0.5, 0.6) is 0 Å². The van der Waals surface area contributed by atoms with Crippen LogP contribution in [-0.2, 0) is 6.42 Å². The number of aromatic nitrogens is 2. The topological polar surface area (TPSA) is 31.0 Å². The first kappa shape index (κ1) is 27.2. The summed E-state index contributed by atoms with van der Waals surface area (Å²) in [6, 6.07) is 41.5. The third-order valence-electron chi connectivity index (χ3n) is 10.1. The average Bonchev–Trinajstić information content (AvgIpc) is 3.70. The van der Waals surface area contributed by atoms with Gasteiger partial charge in [-0.15, -0.1) is 0 Å². The molecule has 2 aliphatic rings. The summed E-state index contributed by atoms with van der Waals surface area (Å²) in [5.74, 6) is 0. The second-order valence-corrected chi connectivity index (χ2v) is 12.9. The maximum absolute atomic E-state index is 6.70. The van der Waals surface area contributed by atoms with E-state index in [4.69, 9.17) is 9.40 Å². The molecule has 0 atom stereocenters. The van der Waals surface area contributed by atoms with Crippen molar-refractivity contribution in [2.24, 2.45) is 0 Å². The Kier molecular flexibility index (Phi) is 6.13. The first-order valence-electron chi connectivity index (χ1n) is 16.9. The molecule has 3 heterocycles. The Hall–Kier alpha value is -5.93. The van der Waals surface area contributed by atoms with E-state index in [1.165, 1.54) is 50.0 Å². The molecule has 0 fully saturated rings. The molecule has 3 nitrogen and oxygen atoms in total. The van der Waals surface area contributed by atoms with Gasteiger partial charge in [-0.05, 0) is 89.9 Å². The Balaban J connectivity index is 1.19. The van der Waals surface area contributed by atoms with Gasteiger partial charge < -0.3 is 8.98 Å². The van der Waals surface area contributed by atoms with Crippen LogP contribution >= 0.6 is 0 Å². The monoisotopic (exact) mass is 616 g/mol. The fourth-order valence-electron chi connectivity index (χ4n) is 7.98. The summed E-state index contributed by atoms with van der Waals surface area (Å²) in [4.78, 5) is 5.11. The number of benzene rings is 5. The van der Waals surface area contributed by atoms with Crippen molar-refractivity contribution in [1.82, 2.24) is 9.55 Å². The summed E-state index contributed by atoms with van der Waals surface area (Å²) in [6.45, 7) is 0. The highest BCUT2D eigenvalue weighted by atomic mass is 16.3. The minimum absolute atomic E-state index is 0.898. The standard InChI is InChI=1S/C45H32N2O/c1-3-13-29(14-4-1)32-19-11-23-41-44(32)35-18-8-10-22-40(35)47(41)31-25-26-36-43(27-31)48-42-24-12-20-34(45(36)42)37-28-39(30-15-5-2-6-16-30)46-38-21-9-7-17-33(37)38/h1-5,7-9,11-15,17-21,23-28H,6,10,16,22H2. The van der Waals surface area contributed by atoms with Gasteiger partial charge in [-0.25, -0.2) is 4.98 Å². The molecular formula is C45H32N2O. The Bertz CT molecular complexity index is 2660. The van der Waals surface area contributed by atoms with Crippen molar-refractivity contribution >= 4 is 55.4 Å². The minimum Gasteiger partial charge on any atom is -0.456 e. The second kappa shape index (κ2) is 10.8. The Morgan fingerprint density at radius 3 is 2.40 bits per heavy atom. The van der Waals surface area contributed by atoms with Crippen molar-refractivity contribution in [2.75, 3.05) is 0 Å². The van der Waals surface area contributed by atoms with Gasteiger partial charge in [-0.2, -0.15) is 0 Å². The highest BCUT2D eigenvalue weighted by molar-refractivity contribution is 6.15. The predicted octanol–water partition coefficient (Wildman–Crippen LogP) is 12.1. The maximum atomic E-state index is 6.70. The molecule has 0 aliphatic heterocycles. The van der Waals surface area contributed by atoms with Crippen LogP contribution in [0.15, 0.2) is 144 Å². The number of rotatable bonds is 4. The van der Waals surface area contributed by atoms with Gasteiger partial charge in [0.15, 0.2) is 0 Å². The lowest BCUT2D eigenvalue weighted by Gasteiger charge is -2.14. The van der Waals surface area contributed by atoms with Crippen LogP contribution in [0.3, 0.4) is 0 Å². The molecule has 0 saturated heterocycles. The van der Waals surface area contributed by atoms with Crippen LogP contribution in [0, 0.1) is 0 Å². The molecule has 8 aromatic rings. The van der Waals surface area contributed by atoms with Gasteiger partial charge in [0.25, 0.3) is 0 Å². The van der Waals surface area contributed by atoms with E-state index in [0.717, 1.165) is 69.9 Å². The van der Waals surface area contributed by atoms with E-state index in [1.54, 1.807) is 0 Å². The molecule has 0 saturated carbocycles. The van der Waals surface area contributed by atoms with Gasteiger partial charge in [0.1, 0.15) is 11.2 Å². The number of hydrogen-bond donors (Lipinski definition) is 0. The first-order valence-corrected chi connectivity index (χ1v) is 16.9. The summed E-state index contributed by atoms with van der Waals surface area (Å²) < 4.78 is 9.16. The molecule has 0 radical (unpaired) electrons. The zero-order valence-electron chi connectivity index (χ0n) is 26.5. The Labute approximate surface area is 278 Å². The van der Waals surface area contributed by atoms with Crippen LogP contribution in [0.25, 0.3) is 83.3 Å². The van der Waals surface area contributed by atoms with E-state index >= 15 is 0 Å². The summed E-state index contributed by atoms with van der Waals surface area (Å²) in [5.41, 5.74) is 15.1. The molecule has 3 aromatic heterocycles. The number of pyridine rings is 1. The fourth-order valence-corrected chi connectivity index (χ4v) is 7.98. The molecule has 10 rings (SSSR count). The molecule has 2 aliphatic carbocycles. The summed E-state index contributed by atoms with van der Waals surface area (Å²) in [7, 11) is 0.